The van der Waals surface area contributed by atoms with E-state index in [2.05, 4.69) is 71.6 Å². The molecule has 0 bridgehead atoms. The van der Waals surface area contributed by atoms with E-state index in [1.165, 1.54) is 11.1 Å². The Morgan fingerprint density at radius 1 is 0.963 bits per heavy atom. The first-order valence-corrected chi connectivity index (χ1v) is 10.1. The Bertz CT molecular complexity index is 624. The highest BCUT2D eigenvalue weighted by molar-refractivity contribution is 5.30. The number of likely N-dealkylation sites (tertiary alicyclic amines) is 1. The van der Waals surface area contributed by atoms with Gasteiger partial charge in [0, 0.05) is 19.6 Å². The van der Waals surface area contributed by atoms with Crippen molar-refractivity contribution in [2.24, 2.45) is 0 Å². The number of ether oxygens (including phenoxy) is 2. The van der Waals surface area contributed by atoms with Gasteiger partial charge in [0.05, 0.1) is 19.0 Å². The molecule has 0 aromatic heterocycles. The zero-order chi connectivity index (χ0) is 18.7. The first-order valence-electron chi connectivity index (χ1n) is 10.1. The zero-order valence-electron chi connectivity index (χ0n) is 16.3. The van der Waals surface area contributed by atoms with Crippen LogP contribution in [0.4, 0.5) is 0 Å². The second-order valence-corrected chi connectivity index (χ2v) is 6.99. The van der Waals surface area contributed by atoms with Crippen molar-refractivity contribution in [1.29, 1.82) is 0 Å². The van der Waals surface area contributed by atoms with Crippen molar-refractivity contribution in [3.63, 3.8) is 0 Å². The summed E-state index contributed by atoms with van der Waals surface area (Å²) in [6, 6.07) is 21.1. The molecule has 0 amide bonds. The summed E-state index contributed by atoms with van der Waals surface area (Å²) in [6.07, 6.45) is 7.48. The minimum Gasteiger partial charge on any atom is -0.502 e. The fourth-order valence-electron chi connectivity index (χ4n) is 3.56. The zero-order valence-corrected chi connectivity index (χ0v) is 16.3. The molecule has 2 aromatic carbocycles. The highest BCUT2D eigenvalue weighted by Crippen LogP contribution is 2.29. The van der Waals surface area contributed by atoms with Crippen LogP contribution < -0.4 is 0 Å². The largest absolute Gasteiger partial charge is 0.502 e. The molecule has 0 unspecified atom stereocenters. The van der Waals surface area contributed by atoms with Crippen molar-refractivity contribution in [2.45, 2.75) is 38.4 Å². The summed E-state index contributed by atoms with van der Waals surface area (Å²) < 4.78 is 11.9. The van der Waals surface area contributed by atoms with E-state index in [1.807, 2.05) is 13.2 Å². The predicted molar refractivity (Wildman–Crippen MR) is 111 cm³/mol. The van der Waals surface area contributed by atoms with Crippen LogP contribution in [0.3, 0.4) is 0 Å². The molecule has 0 saturated carbocycles. The second kappa shape index (κ2) is 10.9. The van der Waals surface area contributed by atoms with E-state index in [1.54, 1.807) is 0 Å². The number of benzene rings is 2. The Kier molecular flexibility index (Phi) is 7.94. The minimum atomic E-state index is 0.0121. The molecule has 3 rings (SSSR count). The van der Waals surface area contributed by atoms with Gasteiger partial charge in [-0.3, -0.25) is 0 Å². The van der Waals surface area contributed by atoms with Crippen molar-refractivity contribution in [3.8, 4) is 0 Å². The maximum Gasteiger partial charge on any atom is 0.108 e. The van der Waals surface area contributed by atoms with Gasteiger partial charge >= 0.3 is 0 Å². The Morgan fingerprint density at radius 3 is 2.11 bits per heavy atom. The predicted octanol–water partition coefficient (Wildman–Crippen LogP) is 5.20. The highest BCUT2D eigenvalue weighted by Gasteiger charge is 2.24. The first kappa shape index (κ1) is 19.7. The third kappa shape index (κ3) is 6.23. The van der Waals surface area contributed by atoms with E-state index >= 15 is 0 Å². The molecule has 3 heteroatoms. The summed E-state index contributed by atoms with van der Waals surface area (Å²) in [5.74, 6) is 0. The number of hydrogen-bond acceptors (Lipinski definition) is 3. The Balaban J connectivity index is 1.54. The molecule has 0 radical (unpaired) electrons. The maximum atomic E-state index is 6.61. The molecule has 1 saturated heterocycles. The lowest BCUT2D eigenvalue weighted by atomic mass is 10.00. The van der Waals surface area contributed by atoms with Crippen LogP contribution in [0.1, 0.15) is 43.4 Å². The summed E-state index contributed by atoms with van der Waals surface area (Å²) in [5.41, 5.74) is 2.46. The van der Waals surface area contributed by atoms with E-state index in [4.69, 9.17) is 9.47 Å². The molecule has 144 valence electrons. The van der Waals surface area contributed by atoms with Crippen molar-refractivity contribution in [3.05, 3.63) is 84.1 Å². The van der Waals surface area contributed by atoms with Crippen molar-refractivity contribution in [1.82, 2.24) is 4.90 Å². The first-order chi connectivity index (χ1) is 13.4. The lowest BCUT2D eigenvalue weighted by Gasteiger charge is -2.34. The molecule has 0 atom stereocenters. The Morgan fingerprint density at radius 2 is 1.56 bits per heavy atom. The summed E-state index contributed by atoms with van der Waals surface area (Å²) in [7, 11) is 0. The van der Waals surface area contributed by atoms with Crippen LogP contribution in [0.2, 0.25) is 0 Å². The molecule has 2 aromatic rings. The lowest BCUT2D eigenvalue weighted by molar-refractivity contribution is -0.0267. The quantitative estimate of drug-likeness (QED) is 0.570. The molecule has 1 fully saturated rings. The van der Waals surface area contributed by atoms with E-state index in [9.17, 15) is 0 Å². The minimum absolute atomic E-state index is 0.0121. The fraction of sp³-hybridized carbons (Fsp3) is 0.417. The number of piperidine rings is 1. The van der Waals surface area contributed by atoms with Crippen molar-refractivity contribution < 1.29 is 9.47 Å². The smallest absolute Gasteiger partial charge is 0.108 e. The molecule has 0 aliphatic carbocycles. The maximum absolute atomic E-state index is 6.61. The summed E-state index contributed by atoms with van der Waals surface area (Å²) >= 11 is 0. The monoisotopic (exact) mass is 365 g/mol. The van der Waals surface area contributed by atoms with Gasteiger partial charge in [0.1, 0.15) is 6.10 Å². The number of nitrogens with zero attached hydrogens (tertiary/aromatic N) is 1. The van der Waals surface area contributed by atoms with E-state index in [-0.39, 0.29) is 6.10 Å². The van der Waals surface area contributed by atoms with Gasteiger partial charge in [0.25, 0.3) is 0 Å². The van der Waals surface area contributed by atoms with Crippen LogP contribution in [-0.2, 0) is 9.47 Å². The normalized spacial score (nSPS) is 16.2. The molecule has 1 aliphatic rings. The average Bonchev–Trinajstić information content (AvgIpc) is 2.74. The van der Waals surface area contributed by atoms with Crippen molar-refractivity contribution in [2.75, 3.05) is 26.2 Å². The van der Waals surface area contributed by atoms with E-state index < -0.39 is 0 Å². The molecular weight excluding hydrogens is 334 g/mol. The third-order valence-corrected chi connectivity index (χ3v) is 5.04. The summed E-state index contributed by atoms with van der Waals surface area (Å²) in [5, 5.41) is 0. The molecular formula is C24H31NO2. The number of hydrogen-bond donors (Lipinski definition) is 0. The molecule has 1 heterocycles. The molecule has 0 spiro atoms. The van der Waals surface area contributed by atoms with Gasteiger partial charge in [-0.25, -0.2) is 0 Å². The fourth-order valence-corrected chi connectivity index (χ4v) is 3.56. The molecule has 0 N–H and O–H groups in total. The van der Waals surface area contributed by atoms with Gasteiger partial charge in [-0.05, 0) is 43.4 Å². The van der Waals surface area contributed by atoms with Crippen LogP contribution in [0.5, 0.6) is 0 Å². The van der Waals surface area contributed by atoms with Gasteiger partial charge < -0.3 is 14.4 Å². The van der Waals surface area contributed by atoms with E-state index in [0.717, 1.165) is 45.5 Å². The molecule has 3 nitrogen and oxygen atoms in total. The molecule has 1 aliphatic heterocycles. The third-order valence-electron chi connectivity index (χ3n) is 5.04. The van der Waals surface area contributed by atoms with Crippen LogP contribution >= 0.6 is 0 Å². The number of rotatable bonds is 9. The average molecular weight is 366 g/mol. The Labute approximate surface area is 163 Å². The van der Waals surface area contributed by atoms with Gasteiger partial charge in [-0.15, -0.1) is 0 Å². The van der Waals surface area contributed by atoms with Crippen LogP contribution in [0, 0.1) is 0 Å². The van der Waals surface area contributed by atoms with Gasteiger partial charge in [0.2, 0.25) is 0 Å². The lowest BCUT2D eigenvalue weighted by Crippen LogP contribution is -2.38. The highest BCUT2D eigenvalue weighted by atomic mass is 16.5. The van der Waals surface area contributed by atoms with Crippen molar-refractivity contribution >= 4 is 0 Å². The SMILES string of the molecule is CCO/C=C\CCN1CCC(OC(c2ccccc2)c2ccccc2)CC1. The summed E-state index contributed by atoms with van der Waals surface area (Å²) in [4.78, 5) is 2.52. The Hall–Kier alpha value is -2.10. The topological polar surface area (TPSA) is 21.7 Å². The molecule has 27 heavy (non-hydrogen) atoms. The second-order valence-electron chi connectivity index (χ2n) is 6.99. The van der Waals surface area contributed by atoms with Gasteiger partial charge in [0.15, 0.2) is 0 Å². The van der Waals surface area contributed by atoms with Crippen LogP contribution in [0.15, 0.2) is 73.0 Å². The van der Waals surface area contributed by atoms with Crippen LogP contribution in [0.25, 0.3) is 0 Å². The standard InChI is InChI=1S/C24H31NO2/c1-2-26-20-10-9-17-25-18-15-23(16-19-25)27-24(21-11-5-3-6-12-21)22-13-7-4-8-14-22/h3-8,10-14,20,23-24H,2,9,15-19H2,1H3/b20-10-. The van der Waals surface area contributed by atoms with Gasteiger partial charge in [-0.1, -0.05) is 60.7 Å². The van der Waals surface area contributed by atoms with Crippen LogP contribution in [-0.4, -0.2) is 37.2 Å². The van der Waals surface area contributed by atoms with Gasteiger partial charge in [-0.2, -0.15) is 0 Å². The summed E-state index contributed by atoms with van der Waals surface area (Å²) in [6.45, 7) is 6.04. The van der Waals surface area contributed by atoms with E-state index in [0.29, 0.717) is 6.10 Å².